The molecule has 1 N–H and O–H groups in total. The second kappa shape index (κ2) is 8.39. The molecule has 3 rings (SSSR count). The van der Waals surface area contributed by atoms with E-state index in [-0.39, 0.29) is 23.5 Å². The Hall–Kier alpha value is -1.61. The molecule has 1 fully saturated rings. The number of carbonyl (C=O) groups excluding carboxylic acids is 1. The molecule has 0 spiro atoms. The first-order chi connectivity index (χ1) is 12.4. The van der Waals surface area contributed by atoms with Crippen molar-refractivity contribution >= 4 is 28.0 Å². The van der Waals surface area contributed by atoms with Crippen LogP contribution in [0.3, 0.4) is 0 Å². The van der Waals surface area contributed by atoms with Crippen LogP contribution in [-0.4, -0.2) is 37.0 Å². The summed E-state index contributed by atoms with van der Waals surface area (Å²) in [5.41, 5.74) is 2.53. The van der Waals surface area contributed by atoms with Gasteiger partial charge in [0, 0.05) is 16.8 Å². The second-order valence-corrected chi connectivity index (χ2v) is 9.26. The zero-order chi connectivity index (χ0) is 18.7. The van der Waals surface area contributed by atoms with E-state index in [1.807, 2.05) is 6.92 Å². The molecule has 0 bridgehead atoms. The lowest BCUT2D eigenvalue weighted by Crippen LogP contribution is -2.45. The standard InChI is InChI=1S/C17H24N4O3S2/c1-10-5-4-6-13(11(10)2)19-15(22)8-26(23)7-14-20-17(24-21-14)16-12(3)18-9-25-16/h9-11,13H,4-8H2,1-3H3,(H,19,22)/t10-,11+,13-,26+/m1/s1. The number of carbonyl (C=O) groups is 1. The van der Waals surface area contributed by atoms with E-state index in [4.69, 9.17) is 4.52 Å². The van der Waals surface area contributed by atoms with E-state index in [1.165, 1.54) is 17.8 Å². The topological polar surface area (TPSA) is 98.0 Å². The molecule has 4 atom stereocenters. The minimum Gasteiger partial charge on any atom is -0.352 e. The predicted molar refractivity (Wildman–Crippen MR) is 101 cm³/mol. The molecule has 1 saturated carbocycles. The van der Waals surface area contributed by atoms with E-state index in [1.54, 1.807) is 5.51 Å². The van der Waals surface area contributed by atoms with Crippen LogP contribution in [-0.2, 0) is 21.3 Å². The van der Waals surface area contributed by atoms with Crippen molar-refractivity contribution in [1.29, 1.82) is 0 Å². The summed E-state index contributed by atoms with van der Waals surface area (Å²) in [5, 5.41) is 6.91. The molecular weight excluding hydrogens is 372 g/mol. The fourth-order valence-electron chi connectivity index (χ4n) is 3.29. The maximum absolute atomic E-state index is 12.3. The summed E-state index contributed by atoms with van der Waals surface area (Å²) in [6.07, 6.45) is 3.33. The predicted octanol–water partition coefficient (Wildman–Crippen LogP) is 2.69. The second-order valence-electron chi connectivity index (χ2n) is 6.95. The van der Waals surface area contributed by atoms with E-state index in [2.05, 4.69) is 34.3 Å². The van der Waals surface area contributed by atoms with E-state index in [0.29, 0.717) is 23.6 Å². The Morgan fingerprint density at radius 3 is 2.96 bits per heavy atom. The summed E-state index contributed by atoms with van der Waals surface area (Å²) < 4.78 is 17.5. The summed E-state index contributed by atoms with van der Waals surface area (Å²) in [6.45, 7) is 6.26. The van der Waals surface area contributed by atoms with Gasteiger partial charge in [0.2, 0.25) is 5.91 Å². The van der Waals surface area contributed by atoms with Gasteiger partial charge in [-0.3, -0.25) is 9.00 Å². The van der Waals surface area contributed by atoms with Crippen LogP contribution < -0.4 is 5.32 Å². The van der Waals surface area contributed by atoms with Crippen molar-refractivity contribution in [3.8, 4) is 10.8 Å². The fourth-order valence-corrected chi connectivity index (χ4v) is 4.89. The molecule has 1 aliphatic rings. The fraction of sp³-hybridized carbons (Fsp3) is 0.647. The molecule has 2 aromatic rings. The van der Waals surface area contributed by atoms with Crippen molar-refractivity contribution in [2.45, 2.75) is 51.8 Å². The first-order valence-electron chi connectivity index (χ1n) is 8.81. The van der Waals surface area contributed by atoms with Crippen LogP contribution >= 0.6 is 11.3 Å². The van der Waals surface area contributed by atoms with E-state index < -0.39 is 10.8 Å². The number of amides is 1. The quantitative estimate of drug-likeness (QED) is 0.806. The van der Waals surface area contributed by atoms with Gasteiger partial charge in [-0.25, -0.2) is 4.98 Å². The Labute approximate surface area is 159 Å². The van der Waals surface area contributed by atoms with Crippen LogP contribution in [0.25, 0.3) is 10.8 Å². The van der Waals surface area contributed by atoms with E-state index in [9.17, 15) is 9.00 Å². The maximum Gasteiger partial charge on any atom is 0.269 e. The van der Waals surface area contributed by atoms with Gasteiger partial charge in [0.25, 0.3) is 5.89 Å². The lowest BCUT2D eigenvalue weighted by Gasteiger charge is -2.34. The van der Waals surface area contributed by atoms with Crippen molar-refractivity contribution in [3.63, 3.8) is 0 Å². The molecule has 0 aliphatic heterocycles. The number of aromatic nitrogens is 3. The van der Waals surface area contributed by atoms with Crippen LogP contribution in [0.1, 0.15) is 44.6 Å². The van der Waals surface area contributed by atoms with Crippen molar-refractivity contribution in [3.05, 3.63) is 17.0 Å². The van der Waals surface area contributed by atoms with Gasteiger partial charge in [0.05, 0.1) is 17.0 Å². The summed E-state index contributed by atoms with van der Waals surface area (Å²) >= 11 is 1.42. The molecule has 0 saturated heterocycles. The third-order valence-corrected chi connectivity index (χ3v) is 7.12. The molecule has 26 heavy (non-hydrogen) atoms. The molecule has 0 unspecified atom stereocenters. The number of hydrogen-bond acceptors (Lipinski definition) is 7. The highest BCUT2D eigenvalue weighted by molar-refractivity contribution is 7.84. The number of thiazole rings is 1. The molecule has 1 amide bonds. The van der Waals surface area contributed by atoms with Crippen molar-refractivity contribution in [2.24, 2.45) is 11.8 Å². The monoisotopic (exact) mass is 396 g/mol. The maximum atomic E-state index is 12.3. The lowest BCUT2D eigenvalue weighted by atomic mass is 9.78. The summed E-state index contributed by atoms with van der Waals surface area (Å²) in [6, 6.07) is 0.175. The third kappa shape index (κ3) is 4.56. The van der Waals surface area contributed by atoms with Crippen molar-refractivity contribution in [1.82, 2.24) is 20.4 Å². The number of nitrogens with one attached hydrogen (secondary N) is 1. The highest BCUT2D eigenvalue weighted by Crippen LogP contribution is 2.29. The first-order valence-corrected chi connectivity index (χ1v) is 11.2. The molecule has 2 aromatic heterocycles. The van der Waals surface area contributed by atoms with Gasteiger partial charge in [-0.1, -0.05) is 31.8 Å². The van der Waals surface area contributed by atoms with Crippen LogP contribution in [0.2, 0.25) is 0 Å². The Morgan fingerprint density at radius 1 is 1.42 bits per heavy atom. The summed E-state index contributed by atoms with van der Waals surface area (Å²) in [4.78, 5) is 21.5. The zero-order valence-corrected chi connectivity index (χ0v) is 16.9. The van der Waals surface area contributed by atoms with Crippen molar-refractivity contribution < 1.29 is 13.5 Å². The largest absolute Gasteiger partial charge is 0.352 e. The van der Waals surface area contributed by atoms with Gasteiger partial charge >= 0.3 is 0 Å². The number of rotatable bonds is 6. The SMILES string of the molecule is Cc1ncsc1-c1nc(C[S@](=O)CC(=O)N[C@@H]2CCC[C@@H](C)[C@@H]2C)no1. The average molecular weight is 397 g/mol. The first kappa shape index (κ1) is 19.2. The molecule has 9 heteroatoms. The minimum atomic E-state index is -1.37. The molecule has 0 radical (unpaired) electrons. The molecular formula is C17H24N4O3S2. The zero-order valence-electron chi connectivity index (χ0n) is 15.2. The average Bonchev–Trinajstić information content (AvgIpc) is 3.20. The van der Waals surface area contributed by atoms with Crippen molar-refractivity contribution in [2.75, 3.05) is 5.75 Å². The van der Waals surface area contributed by atoms with Gasteiger partial charge in [0.15, 0.2) is 5.82 Å². The van der Waals surface area contributed by atoms with E-state index >= 15 is 0 Å². The third-order valence-electron chi connectivity index (χ3n) is 5.04. The molecule has 2 heterocycles. The van der Waals surface area contributed by atoms with Crippen LogP contribution in [0.4, 0.5) is 0 Å². The Kier molecular flexibility index (Phi) is 6.18. The van der Waals surface area contributed by atoms with Crippen LogP contribution in [0, 0.1) is 18.8 Å². The van der Waals surface area contributed by atoms with Gasteiger partial charge in [-0.2, -0.15) is 4.98 Å². The van der Waals surface area contributed by atoms with Crippen LogP contribution in [0.15, 0.2) is 10.0 Å². The van der Waals surface area contributed by atoms with Gasteiger partial charge < -0.3 is 9.84 Å². The molecule has 7 nitrogen and oxygen atoms in total. The molecule has 1 aliphatic carbocycles. The Morgan fingerprint density at radius 2 is 2.23 bits per heavy atom. The van der Waals surface area contributed by atoms with Gasteiger partial charge in [-0.05, 0) is 25.2 Å². The smallest absolute Gasteiger partial charge is 0.269 e. The normalized spacial score (nSPS) is 24.3. The minimum absolute atomic E-state index is 0.0406. The van der Waals surface area contributed by atoms with E-state index in [0.717, 1.165) is 23.4 Å². The van der Waals surface area contributed by atoms with Gasteiger partial charge in [-0.15, -0.1) is 11.3 Å². The Balaban J connectivity index is 1.52. The highest BCUT2D eigenvalue weighted by Gasteiger charge is 2.28. The highest BCUT2D eigenvalue weighted by atomic mass is 32.2. The van der Waals surface area contributed by atoms with Gasteiger partial charge in [0.1, 0.15) is 10.6 Å². The number of hydrogen-bond donors (Lipinski definition) is 1. The molecule has 142 valence electrons. The summed E-state index contributed by atoms with van der Waals surface area (Å²) in [7, 11) is -1.37. The number of nitrogens with zero attached hydrogens (tertiary/aromatic N) is 3. The Bertz CT molecular complexity index is 789. The summed E-state index contributed by atoms with van der Waals surface area (Å²) in [5.74, 6) is 1.67. The number of aryl methyl sites for hydroxylation is 1. The lowest BCUT2D eigenvalue weighted by molar-refractivity contribution is -0.120. The molecule has 0 aromatic carbocycles. The van der Waals surface area contributed by atoms with Crippen LogP contribution in [0.5, 0.6) is 0 Å².